The maximum absolute atomic E-state index is 12.3. The molecular formula is C19H24N2O5. The lowest BCUT2D eigenvalue weighted by molar-refractivity contribution is 0.0525. The third kappa shape index (κ3) is 4.56. The molecule has 0 saturated carbocycles. The highest BCUT2D eigenvalue weighted by Gasteiger charge is 2.22. The molecule has 0 saturated heterocycles. The smallest absolute Gasteiger partial charge is 0.340 e. The lowest BCUT2D eigenvalue weighted by Crippen LogP contribution is -2.29. The molecule has 2 N–H and O–H groups in total. The Balaban J connectivity index is 1.89. The van der Waals surface area contributed by atoms with Crippen molar-refractivity contribution in [3.8, 4) is 11.5 Å². The molecule has 1 amide bonds. The monoisotopic (exact) mass is 360 g/mol. The highest BCUT2D eigenvalue weighted by molar-refractivity contribution is 6.00. The van der Waals surface area contributed by atoms with Gasteiger partial charge in [-0.3, -0.25) is 4.79 Å². The average Bonchev–Trinajstić information content (AvgIpc) is 2.93. The summed E-state index contributed by atoms with van der Waals surface area (Å²) in [6.07, 6.45) is 0. The largest absolute Gasteiger partial charge is 0.497 e. The van der Waals surface area contributed by atoms with Crippen molar-refractivity contribution in [2.75, 3.05) is 26.9 Å². The first-order chi connectivity index (χ1) is 12.5. The van der Waals surface area contributed by atoms with Gasteiger partial charge in [-0.05, 0) is 50.6 Å². The molecular weight excluding hydrogens is 336 g/mol. The van der Waals surface area contributed by atoms with Crippen LogP contribution in [0.5, 0.6) is 11.5 Å². The lowest BCUT2D eigenvalue weighted by Gasteiger charge is -2.08. The molecule has 0 aliphatic rings. The van der Waals surface area contributed by atoms with E-state index in [1.54, 1.807) is 52.1 Å². The summed E-state index contributed by atoms with van der Waals surface area (Å²) >= 11 is 0. The van der Waals surface area contributed by atoms with Gasteiger partial charge in [0.2, 0.25) is 0 Å². The molecule has 0 atom stereocenters. The molecule has 0 aliphatic carbocycles. The molecule has 26 heavy (non-hydrogen) atoms. The SMILES string of the molecule is CCOC(=O)c1c(C)[nH]c(C(=O)NCCOc2ccc(OC)cc2)c1C. The molecule has 0 aliphatic heterocycles. The van der Waals surface area contributed by atoms with E-state index >= 15 is 0 Å². The molecule has 7 nitrogen and oxygen atoms in total. The van der Waals surface area contributed by atoms with E-state index in [0.717, 1.165) is 5.75 Å². The van der Waals surface area contributed by atoms with E-state index in [4.69, 9.17) is 14.2 Å². The van der Waals surface area contributed by atoms with E-state index in [0.29, 0.717) is 41.4 Å². The normalized spacial score (nSPS) is 10.3. The van der Waals surface area contributed by atoms with Crippen LogP contribution in [0.3, 0.4) is 0 Å². The molecule has 0 radical (unpaired) electrons. The van der Waals surface area contributed by atoms with Gasteiger partial charge in [0.15, 0.2) is 0 Å². The van der Waals surface area contributed by atoms with Gasteiger partial charge in [-0.15, -0.1) is 0 Å². The molecule has 0 unspecified atom stereocenters. The number of esters is 1. The second-order valence-electron chi connectivity index (χ2n) is 5.63. The fraction of sp³-hybridized carbons (Fsp3) is 0.368. The highest BCUT2D eigenvalue weighted by Crippen LogP contribution is 2.19. The van der Waals surface area contributed by atoms with Crippen molar-refractivity contribution in [1.29, 1.82) is 0 Å². The van der Waals surface area contributed by atoms with Crippen LogP contribution in [0.2, 0.25) is 0 Å². The minimum absolute atomic E-state index is 0.285. The van der Waals surface area contributed by atoms with Crippen LogP contribution in [0, 0.1) is 13.8 Å². The molecule has 7 heteroatoms. The zero-order chi connectivity index (χ0) is 19.1. The quantitative estimate of drug-likeness (QED) is 0.558. The maximum Gasteiger partial charge on any atom is 0.340 e. The van der Waals surface area contributed by atoms with Crippen LogP contribution in [-0.2, 0) is 4.74 Å². The topological polar surface area (TPSA) is 89.7 Å². The number of ether oxygens (including phenoxy) is 3. The van der Waals surface area contributed by atoms with Gasteiger partial charge in [0.1, 0.15) is 23.8 Å². The Bertz CT molecular complexity index is 765. The van der Waals surface area contributed by atoms with E-state index in [2.05, 4.69) is 10.3 Å². The van der Waals surface area contributed by atoms with Crippen LogP contribution in [0.15, 0.2) is 24.3 Å². The maximum atomic E-state index is 12.3. The number of hydrogen-bond acceptors (Lipinski definition) is 5. The Hall–Kier alpha value is -2.96. The number of hydrogen-bond donors (Lipinski definition) is 2. The fourth-order valence-electron chi connectivity index (χ4n) is 2.58. The predicted molar refractivity (Wildman–Crippen MR) is 97.0 cm³/mol. The van der Waals surface area contributed by atoms with Crippen molar-refractivity contribution in [3.63, 3.8) is 0 Å². The van der Waals surface area contributed by atoms with Crippen LogP contribution < -0.4 is 14.8 Å². The Morgan fingerprint density at radius 2 is 1.77 bits per heavy atom. The summed E-state index contributed by atoms with van der Waals surface area (Å²) in [5.41, 5.74) is 1.96. The molecule has 1 heterocycles. The van der Waals surface area contributed by atoms with Crippen molar-refractivity contribution >= 4 is 11.9 Å². The number of amides is 1. The first-order valence-electron chi connectivity index (χ1n) is 8.39. The van der Waals surface area contributed by atoms with Crippen LogP contribution in [0.1, 0.15) is 39.0 Å². The zero-order valence-electron chi connectivity index (χ0n) is 15.5. The van der Waals surface area contributed by atoms with Gasteiger partial charge in [0.05, 0.1) is 25.8 Å². The molecule has 0 bridgehead atoms. The van der Waals surface area contributed by atoms with E-state index in [-0.39, 0.29) is 12.5 Å². The Kier molecular flexibility index (Phi) is 6.66. The second kappa shape index (κ2) is 8.94. The average molecular weight is 360 g/mol. The van der Waals surface area contributed by atoms with Gasteiger partial charge in [-0.2, -0.15) is 0 Å². The number of H-pyrrole nitrogens is 1. The Morgan fingerprint density at radius 1 is 1.12 bits per heavy atom. The Morgan fingerprint density at radius 3 is 2.38 bits per heavy atom. The minimum Gasteiger partial charge on any atom is -0.497 e. The number of methoxy groups -OCH3 is 1. The van der Waals surface area contributed by atoms with E-state index in [1.807, 2.05) is 0 Å². The number of benzene rings is 1. The number of aromatic nitrogens is 1. The minimum atomic E-state index is -0.430. The number of carbonyl (C=O) groups is 2. The first kappa shape index (κ1) is 19.4. The van der Waals surface area contributed by atoms with E-state index < -0.39 is 5.97 Å². The Labute approximate surface area is 152 Å². The third-order valence-corrected chi connectivity index (χ3v) is 3.86. The van der Waals surface area contributed by atoms with Crippen LogP contribution in [-0.4, -0.2) is 43.7 Å². The number of rotatable bonds is 8. The van der Waals surface area contributed by atoms with Gasteiger partial charge in [-0.1, -0.05) is 0 Å². The fourth-order valence-corrected chi connectivity index (χ4v) is 2.58. The van der Waals surface area contributed by atoms with Crippen LogP contribution in [0.4, 0.5) is 0 Å². The van der Waals surface area contributed by atoms with Gasteiger partial charge in [0.25, 0.3) is 5.91 Å². The molecule has 2 rings (SSSR count). The van der Waals surface area contributed by atoms with Crippen LogP contribution in [0.25, 0.3) is 0 Å². The number of carbonyl (C=O) groups excluding carboxylic acids is 2. The summed E-state index contributed by atoms with van der Waals surface area (Å²) in [6, 6.07) is 7.20. The zero-order valence-corrected chi connectivity index (χ0v) is 15.5. The number of aromatic amines is 1. The van der Waals surface area contributed by atoms with Crippen LogP contribution >= 0.6 is 0 Å². The summed E-state index contributed by atoms with van der Waals surface area (Å²) in [5, 5.41) is 2.77. The second-order valence-corrected chi connectivity index (χ2v) is 5.63. The standard InChI is InChI=1S/C19H24N2O5/c1-5-25-19(23)16-12(2)17(21-13(16)3)18(22)20-10-11-26-15-8-6-14(24-4)7-9-15/h6-9,21H,5,10-11H2,1-4H3,(H,20,22). The highest BCUT2D eigenvalue weighted by atomic mass is 16.5. The van der Waals surface area contributed by atoms with Crippen molar-refractivity contribution in [2.24, 2.45) is 0 Å². The molecule has 0 spiro atoms. The number of nitrogens with one attached hydrogen (secondary N) is 2. The van der Waals surface area contributed by atoms with E-state index in [9.17, 15) is 9.59 Å². The lowest BCUT2D eigenvalue weighted by atomic mass is 10.1. The summed E-state index contributed by atoms with van der Waals surface area (Å²) < 4.78 is 15.7. The summed E-state index contributed by atoms with van der Waals surface area (Å²) in [5.74, 6) is 0.720. The molecule has 1 aromatic carbocycles. The summed E-state index contributed by atoms with van der Waals surface area (Å²) in [7, 11) is 1.60. The summed E-state index contributed by atoms with van der Waals surface area (Å²) in [6.45, 7) is 6.14. The van der Waals surface area contributed by atoms with Gasteiger partial charge in [0, 0.05) is 5.69 Å². The molecule has 0 fully saturated rings. The van der Waals surface area contributed by atoms with Gasteiger partial charge < -0.3 is 24.5 Å². The first-order valence-corrected chi connectivity index (χ1v) is 8.39. The number of aryl methyl sites for hydroxylation is 1. The van der Waals surface area contributed by atoms with Gasteiger partial charge >= 0.3 is 5.97 Å². The molecule has 2 aromatic rings. The van der Waals surface area contributed by atoms with Gasteiger partial charge in [-0.25, -0.2) is 4.79 Å². The summed E-state index contributed by atoms with van der Waals surface area (Å²) in [4.78, 5) is 27.3. The molecule has 140 valence electrons. The van der Waals surface area contributed by atoms with E-state index in [1.165, 1.54) is 0 Å². The third-order valence-electron chi connectivity index (χ3n) is 3.86. The predicted octanol–water partition coefficient (Wildman–Crippen LogP) is 2.63. The van der Waals surface area contributed by atoms with Crippen molar-refractivity contribution in [3.05, 3.63) is 46.8 Å². The van der Waals surface area contributed by atoms with Crippen molar-refractivity contribution in [2.45, 2.75) is 20.8 Å². The van der Waals surface area contributed by atoms with Crippen molar-refractivity contribution in [1.82, 2.24) is 10.3 Å². The molecule has 1 aromatic heterocycles. The van der Waals surface area contributed by atoms with Crippen molar-refractivity contribution < 1.29 is 23.8 Å².